The van der Waals surface area contributed by atoms with Crippen LogP contribution in [0.1, 0.15) is 0 Å². The zero-order chi connectivity index (χ0) is 15.7. The number of ether oxygens (including phenoxy) is 2. The van der Waals surface area contributed by atoms with Gasteiger partial charge in [-0.15, -0.1) is 0 Å². The molecule has 112 valence electrons. The Labute approximate surface area is 135 Å². The Bertz CT molecular complexity index is 883. The number of hydrogen-bond donors (Lipinski definition) is 1. The highest BCUT2D eigenvalue weighted by Crippen LogP contribution is 2.34. The molecule has 3 rings (SSSR count). The summed E-state index contributed by atoms with van der Waals surface area (Å²) in [6.07, 6.45) is 1.27. The van der Waals surface area contributed by atoms with Gasteiger partial charge in [0.1, 0.15) is 17.0 Å². The van der Waals surface area contributed by atoms with Gasteiger partial charge in [0.15, 0.2) is 0 Å². The van der Waals surface area contributed by atoms with Crippen molar-refractivity contribution < 1.29 is 9.47 Å². The van der Waals surface area contributed by atoms with Crippen molar-refractivity contribution in [2.45, 2.75) is 0 Å². The lowest BCUT2D eigenvalue weighted by Crippen LogP contribution is -2.06. The Hall–Kier alpha value is -2.34. The third-order valence-corrected chi connectivity index (χ3v) is 3.99. The lowest BCUT2D eigenvalue weighted by atomic mass is 10.0. The molecule has 0 fully saturated rings. The molecule has 0 aliphatic rings. The van der Waals surface area contributed by atoms with Gasteiger partial charge in [0.05, 0.1) is 25.9 Å². The Morgan fingerprint density at radius 1 is 1.09 bits per heavy atom. The molecule has 1 N–H and O–H groups in total. The maximum atomic E-state index is 11.6. The predicted octanol–water partition coefficient (Wildman–Crippen LogP) is 3.37. The molecule has 0 aliphatic heterocycles. The van der Waals surface area contributed by atoms with E-state index in [0.29, 0.717) is 22.5 Å². The molecule has 1 heterocycles. The van der Waals surface area contributed by atoms with Gasteiger partial charge in [0, 0.05) is 16.1 Å². The average Bonchev–Trinajstić information content (AvgIpc) is 2.54. The molecule has 2 aromatic carbocycles. The Morgan fingerprint density at radius 3 is 2.41 bits per heavy atom. The van der Waals surface area contributed by atoms with Crippen molar-refractivity contribution in [1.29, 1.82) is 0 Å². The molecule has 0 spiro atoms. The summed E-state index contributed by atoms with van der Waals surface area (Å²) in [5.41, 5.74) is 2.83. The van der Waals surface area contributed by atoms with Crippen molar-refractivity contribution in [1.82, 2.24) is 9.97 Å². The molecule has 1 aromatic heterocycles. The number of benzene rings is 2. The number of halogens is 1. The highest BCUT2D eigenvalue weighted by atomic mass is 79.9. The zero-order valence-corrected chi connectivity index (χ0v) is 13.6. The summed E-state index contributed by atoms with van der Waals surface area (Å²) >= 11 is 3.45. The first-order valence-electron chi connectivity index (χ1n) is 6.53. The fourth-order valence-electron chi connectivity index (χ4n) is 2.30. The second kappa shape index (κ2) is 5.81. The van der Waals surface area contributed by atoms with Crippen molar-refractivity contribution in [3.05, 3.63) is 51.4 Å². The minimum Gasteiger partial charge on any atom is -0.497 e. The van der Waals surface area contributed by atoms with E-state index in [9.17, 15) is 4.79 Å². The summed E-state index contributed by atoms with van der Waals surface area (Å²) in [4.78, 5) is 18.7. The molecule has 0 unspecified atom stereocenters. The number of aromatic nitrogens is 2. The predicted molar refractivity (Wildman–Crippen MR) is 88.6 cm³/mol. The van der Waals surface area contributed by atoms with E-state index in [4.69, 9.17) is 9.47 Å². The van der Waals surface area contributed by atoms with Crippen molar-refractivity contribution in [3.8, 4) is 22.6 Å². The Balaban J connectivity index is 2.33. The van der Waals surface area contributed by atoms with Crippen molar-refractivity contribution in [3.63, 3.8) is 0 Å². The molecule has 6 heteroatoms. The van der Waals surface area contributed by atoms with Gasteiger partial charge < -0.3 is 14.5 Å². The molecule has 0 bridgehead atoms. The third kappa shape index (κ3) is 2.57. The largest absolute Gasteiger partial charge is 0.497 e. The van der Waals surface area contributed by atoms with Crippen LogP contribution < -0.4 is 15.0 Å². The smallest absolute Gasteiger partial charge is 0.266 e. The molecule has 0 amide bonds. The summed E-state index contributed by atoms with van der Waals surface area (Å²) in [6.45, 7) is 0. The molecule has 0 saturated carbocycles. The molecular formula is C16H13BrN2O3. The summed E-state index contributed by atoms with van der Waals surface area (Å²) < 4.78 is 11.4. The van der Waals surface area contributed by atoms with Gasteiger partial charge in [-0.3, -0.25) is 4.79 Å². The first kappa shape index (κ1) is 14.6. The highest BCUT2D eigenvalue weighted by molar-refractivity contribution is 9.10. The number of nitrogens with zero attached hydrogens (tertiary/aromatic N) is 1. The molecule has 3 aromatic rings. The monoisotopic (exact) mass is 360 g/mol. The summed E-state index contributed by atoms with van der Waals surface area (Å²) in [6, 6.07) is 9.38. The van der Waals surface area contributed by atoms with Gasteiger partial charge in [-0.1, -0.05) is 6.07 Å². The van der Waals surface area contributed by atoms with Crippen LogP contribution in [-0.4, -0.2) is 24.2 Å². The van der Waals surface area contributed by atoms with Crippen LogP contribution in [0.3, 0.4) is 0 Å². The van der Waals surface area contributed by atoms with E-state index in [0.717, 1.165) is 15.6 Å². The maximum Gasteiger partial charge on any atom is 0.266 e. The van der Waals surface area contributed by atoms with Crippen LogP contribution in [-0.2, 0) is 0 Å². The number of rotatable bonds is 3. The molecule has 0 radical (unpaired) electrons. The summed E-state index contributed by atoms with van der Waals surface area (Å²) in [5.74, 6) is 1.35. The molecule has 5 nitrogen and oxygen atoms in total. The van der Waals surface area contributed by atoms with E-state index in [1.54, 1.807) is 20.3 Å². The standard InChI is InChI=1S/C16H13BrN2O3/c1-21-10-5-9(6-11(7-10)22-2)12-3-4-13(17)16-15(12)19-14(20)8-18-16/h3-8H,1-2H3,(H,19,20). The van der Waals surface area contributed by atoms with Gasteiger partial charge in [-0.2, -0.15) is 0 Å². The lowest BCUT2D eigenvalue weighted by molar-refractivity contribution is 0.394. The first-order valence-corrected chi connectivity index (χ1v) is 7.32. The minimum atomic E-state index is -0.248. The van der Waals surface area contributed by atoms with Crippen molar-refractivity contribution in [2.24, 2.45) is 0 Å². The van der Waals surface area contributed by atoms with Gasteiger partial charge in [0.25, 0.3) is 5.56 Å². The van der Waals surface area contributed by atoms with Crippen LogP contribution in [0.2, 0.25) is 0 Å². The van der Waals surface area contributed by atoms with Crippen LogP contribution in [0.15, 0.2) is 45.8 Å². The third-order valence-electron chi connectivity index (χ3n) is 3.35. The number of fused-ring (bicyclic) bond motifs is 1. The van der Waals surface area contributed by atoms with Crippen LogP contribution in [0, 0.1) is 0 Å². The molecule has 0 aliphatic carbocycles. The number of H-pyrrole nitrogens is 1. The van der Waals surface area contributed by atoms with Crippen LogP contribution in [0.5, 0.6) is 11.5 Å². The first-order chi connectivity index (χ1) is 10.6. The van der Waals surface area contributed by atoms with E-state index in [2.05, 4.69) is 25.9 Å². The topological polar surface area (TPSA) is 64.2 Å². The quantitative estimate of drug-likeness (QED) is 0.777. The molecule has 0 saturated heterocycles. The van der Waals surface area contributed by atoms with E-state index in [1.165, 1.54) is 6.20 Å². The van der Waals surface area contributed by atoms with Crippen molar-refractivity contribution >= 4 is 27.0 Å². The summed E-state index contributed by atoms with van der Waals surface area (Å²) in [7, 11) is 3.20. The van der Waals surface area contributed by atoms with Crippen LogP contribution in [0.25, 0.3) is 22.2 Å². The van der Waals surface area contributed by atoms with E-state index in [1.807, 2.05) is 24.3 Å². The van der Waals surface area contributed by atoms with E-state index >= 15 is 0 Å². The summed E-state index contributed by atoms with van der Waals surface area (Å²) in [5, 5.41) is 0. The van der Waals surface area contributed by atoms with Gasteiger partial charge in [-0.05, 0) is 39.7 Å². The number of methoxy groups -OCH3 is 2. The van der Waals surface area contributed by atoms with Crippen LogP contribution >= 0.6 is 15.9 Å². The minimum absolute atomic E-state index is 0.248. The Morgan fingerprint density at radius 2 is 1.77 bits per heavy atom. The van der Waals surface area contributed by atoms with Crippen molar-refractivity contribution in [2.75, 3.05) is 14.2 Å². The average molecular weight is 361 g/mol. The molecule has 0 atom stereocenters. The number of nitrogens with one attached hydrogen (secondary N) is 1. The second-order valence-corrected chi connectivity index (χ2v) is 5.52. The van der Waals surface area contributed by atoms with Gasteiger partial charge in [0.2, 0.25) is 0 Å². The van der Waals surface area contributed by atoms with Gasteiger partial charge >= 0.3 is 0 Å². The SMILES string of the molecule is COc1cc(OC)cc(-c2ccc(Br)c3ncc(=O)[nH]c23)c1. The molecular weight excluding hydrogens is 348 g/mol. The Kier molecular flexibility index (Phi) is 3.85. The highest BCUT2D eigenvalue weighted by Gasteiger charge is 2.11. The van der Waals surface area contributed by atoms with Gasteiger partial charge in [-0.25, -0.2) is 4.98 Å². The zero-order valence-electron chi connectivity index (χ0n) is 12.0. The molecule has 22 heavy (non-hydrogen) atoms. The maximum absolute atomic E-state index is 11.6. The second-order valence-electron chi connectivity index (χ2n) is 4.67. The van der Waals surface area contributed by atoms with Crippen LogP contribution in [0.4, 0.5) is 0 Å². The van der Waals surface area contributed by atoms with E-state index < -0.39 is 0 Å². The number of aromatic amines is 1. The number of hydrogen-bond acceptors (Lipinski definition) is 4. The lowest BCUT2D eigenvalue weighted by Gasteiger charge is -2.11. The van der Waals surface area contributed by atoms with E-state index in [-0.39, 0.29) is 5.56 Å². The fraction of sp³-hybridized carbons (Fsp3) is 0.125. The normalized spacial score (nSPS) is 10.7. The fourth-order valence-corrected chi connectivity index (χ4v) is 2.73.